The van der Waals surface area contributed by atoms with Crippen molar-refractivity contribution in [2.45, 2.75) is 52.5 Å². The third-order valence-corrected chi connectivity index (χ3v) is 4.63. The first-order chi connectivity index (χ1) is 10.5. The monoisotopic (exact) mass is 298 g/mol. The van der Waals surface area contributed by atoms with Crippen LogP contribution in [-0.4, -0.2) is 17.8 Å². The van der Waals surface area contributed by atoms with Crippen molar-refractivity contribution in [3.8, 4) is 6.07 Å². The highest BCUT2D eigenvalue weighted by atomic mass is 16.2. The van der Waals surface area contributed by atoms with Crippen molar-refractivity contribution >= 4 is 5.69 Å². The molecule has 2 N–H and O–H groups in total. The smallest absolute Gasteiger partial charge is 0.136 e. The highest BCUT2D eigenvalue weighted by molar-refractivity contribution is 5.50. The Morgan fingerprint density at radius 2 is 2.00 bits per heavy atom. The van der Waals surface area contributed by atoms with Gasteiger partial charge in [0.15, 0.2) is 0 Å². The van der Waals surface area contributed by atoms with Gasteiger partial charge >= 0.3 is 0 Å². The third kappa shape index (κ3) is 3.69. The first kappa shape index (κ1) is 16.6. The van der Waals surface area contributed by atoms with Crippen LogP contribution in [0.4, 0.5) is 5.69 Å². The summed E-state index contributed by atoms with van der Waals surface area (Å²) in [5.41, 5.74) is 4.74. The van der Waals surface area contributed by atoms with E-state index < -0.39 is 0 Å². The second kappa shape index (κ2) is 6.98. The average Bonchev–Trinajstić information content (AvgIpc) is 2.47. The second-order valence-corrected chi connectivity index (χ2v) is 6.81. The van der Waals surface area contributed by atoms with E-state index in [1.54, 1.807) is 0 Å². The summed E-state index contributed by atoms with van der Waals surface area (Å²) >= 11 is 0. The molecule has 1 unspecified atom stereocenters. The van der Waals surface area contributed by atoms with Crippen molar-refractivity contribution < 1.29 is 5.11 Å². The van der Waals surface area contributed by atoms with E-state index in [2.05, 4.69) is 32.2 Å². The summed E-state index contributed by atoms with van der Waals surface area (Å²) in [6.07, 6.45) is 4.10. The van der Waals surface area contributed by atoms with Gasteiger partial charge in [0.1, 0.15) is 6.04 Å². The molecular formula is C19H26N2O. The lowest BCUT2D eigenvalue weighted by molar-refractivity contribution is 0.299. The molecular weight excluding hydrogens is 272 g/mol. The summed E-state index contributed by atoms with van der Waals surface area (Å²) in [6, 6.07) is 10.1. The van der Waals surface area contributed by atoms with Crippen LogP contribution < -0.4 is 5.32 Å². The number of aliphatic hydroxyl groups is 1. The zero-order chi connectivity index (χ0) is 16.2. The Labute approximate surface area is 133 Å². The van der Waals surface area contributed by atoms with Crippen LogP contribution in [-0.2, 0) is 6.42 Å². The largest absolute Gasteiger partial charge is 0.396 e. The van der Waals surface area contributed by atoms with Gasteiger partial charge in [0.05, 0.1) is 6.07 Å². The van der Waals surface area contributed by atoms with Gasteiger partial charge in [-0.15, -0.1) is 0 Å². The van der Waals surface area contributed by atoms with Gasteiger partial charge in [-0.05, 0) is 61.3 Å². The number of hydrogen-bond donors (Lipinski definition) is 2. The maximum atomic E-state index is 9.65. The molecule has 0 radical (unpaired) electrons. The average molecular weight is 298 g/mol. The number of aliphatic hydroxyl groups excluding tert-OH is 1. The molecule has 1 aromatic carbocycles. The minimum atomic E-state index is -0.279. The summed E-state index contributed by atoms with van der Waals surface area (Å²) in [5.74, 6) is 0. The van der Waals surface area contributed by atoms with Gasteiger partial charge in [-0.3, -0.25) is 0 Å². The molecule has 0 spiro atoms. The molecule has 118 valence electrons. The number of nitrogens with one attached hydrogen (secondary N) is 1. The number of nitriles is 1. The SMILES string of the molecule is CC1=C(C(C#N)Nc2ccc(CCO)cc2)C(C)(C)CCC1. The van der Waals surface area contributed by atoms with Crippen molar-refractivity contribution in [1.29, 1.82) is 5.26 Å². The van der Waals surface area contributed by atoms with Crippen LogP contribution in [0, 0.1) is 16.7 Å². The number of anilines is 1. The molecule has 0 aromatic heterocycles. The van der Waals surface area contributed by atoms with Crippen LogP contribution >= 0.6 is 0 Å². The lowest BCUT2D eigenvalue weighted by atomic mass is 9.70. The fourth-order valence-electron chi connectivity index (χ4n) is 3.51. The van der Waals surface area contributed by atoms with E-state index in [0.717, 1.165) is 24.1 Å². The zero-order valence-corrected chi connectivity index (χ0v) is 13.8. The summed E-state index contributed by atoms with van der Waals surface area (Å²) < 4.78 is 0. The maximum Gasteiger partial charge on any atom is 0.136 e. The predicted octanol–water partition coefficient (Wildman–Crippen LogP) is 4.05. The lowest BCUT2D eigenvalue weighted by Gasteiger charge is -2.37. The molecule has 3 nitrogen and oxygen atoms in total. The molecule has 0 saturated heterocycles. The van der Waals surface area contributed by atoms with Crippen LogP contribution in [0.15, 0.2) is 35.4 Å². The van der Waals surface area contributed by atoms with E-state index in [1.807, 2.05) is 24.3 Å². The van der Waals surface area contributed by atoms with Gasteiger partial charge in [-0.2, -0.15) is 5.26 Å². The van der Waals surface area contributed by atoms with Crippen molar-refractivity contribution in [1.82, 2.24) is 0 Å². The molecule has 1 aliphatic rings. The maximum absolute atomic E-state index is 9.65. The molecule has 1 aromatic rings. The van der Waals surface area contributed by atoms with Gasteiger partial charge in [-0.25, -0.2) is 0 Å². The molecule has 0 aliphatic heterocycles. The summed E-state index contributed by atoms with van der Waals surface area (Å²) in [4.78, 5) is 0. The van der Waals surface area contributed by atoms with Crippen molar-refractivity contribution in [2.24, 2.45) is 5.41 Å². The standard InChI is InChI=1S/C19H26N2O/c1-14-5-4-11-19(2,3)18(14)17(13-20)21-16-8-6-15(7-9-16)10-12-22/h6-9,17,21-22H,4-5,10-12H2,1-3H3. The molecule has 1 atom stereocenters. The third-order valence-electron chi connectivity index (χ3n) is 4.63. The van der Waals surface area contributed by atoms with Gasteiger partial charge in [-0.1, -0.05) is 31.6 Å². The fraction of sp³-hybridized carbons (Fsp3) is 0.526. The summed E-state index contributed by atoms with van der Waals surface area (Å²) in [6.45, 7) is 6.79. The summed E-state index contributed by atoms with van der Waals surface area (Å²) in [5, 5.41) is 22.0. The minimum absolute atomic E-state index is 0.0760. The topological polar surface area (TPSA) is 56.0 Å². The van der Waals surface area contributed by atoms with Crippen molar-refractivity contribution in [3.63, 3.8) is 0 Å². The number of rotatable bonds is 5. The Bertz CT molecular complexity index is 578. The second-order valence-electron chi connectivity index (χ2n) is 6.81. The summed E-state index contributed by atoms with van der Waals surface area (Å²) in [7, 11) is 0. The van der Waals surface area contributed by atoms with Crippen molar-refractivity contribution in [3.05, 3.63) is 41.0 Å². The highest BCUT2D eigenvalue weighted by Crippen LogP contribution is 2.42. The van der Waals surface area contributed by atoms with Crippen LogP contribution in [0.25, 0.3) is 0 Å². The number of benzene rings is 1. The van der Waals surface area contributed by atoms with Gasteiger partial charge < -0.3 is 10.4 Å². The van der Waals surface area contributed by atoms with Crippen LogP contribution in [0.2, 0.25) is 0 Å². The molecule has 1 aliphatic carbocycles. The molecule has 3 heteroatoms. The fourth-order valence-corrected chi connectivity index (χ4v) is 3.51. The van der Waals surface area contributed by atoms with Gasteiger partial charge in [0.25, 0.3) is 0 Å². The predicted molar refractivity (Wildman–Crippen MR) is 90.6 cm³/mol. The van der Waals surface area contributed by atoms with Gasteiger partial charge in [0.2, 0.25) is 0 Å². The van der Waals surface area contributed by atoms with E-state index in [-0.39, 0.29) is 18.1 Å². The van der Waals surface area contributed by atoms with E-state index >= 15 is 0 Å². The van der Waals surface area contributed by atoms with E-state index in [4.69, 9.17) is 5.11 Å². The molecule has 0 bridgehead atoms. The highest BCUT2D eigenvalue weighted by Gasteiger charge is 2.33. The Hall–Kier alpha value is -1.79. The zero-order valence-electron chi connectivity index (χ0n) is 13.8. The van der Waals surface area contributed by atoms with E-state index in [1.165, 1.54) is 17.6 Å². The molecule has 2 rings (SSSR count). The molecule has 0 fully saturated rings. The Morgan fingerprint density at radius 1 is 1.32 bits per heavy atom. The molecule has 22 heavy (non-hydrogen) atoms. The Morgan fingerprint density at radius 3 is 2.55 bits per heavy atom. The van der Waals surface area contributed by atoms with E-state index in [9.17, 15) is 5.26 Å². The van der Waals surface area contributed by atoms with Gasteiger partial charge in [0, 0.05) is 12.3 Å². The minimum Gasteiger partial charge on any atom is -0.396 e. The van der Waals surface area contributed by atoms with Crippen LogP contribution in [0.3, 0.4) is 0 Å². The quantitative estimate of drug-likeness (QED) is 0.806. The van der Waals surface area contributed by atoms with Crippen LogP contribution in [0.5, 0.6) is 0 Å². The Balaban J connectivity index is 2.20. The normalized spacial score (nSPS) is 18.7. The lowest BCUT2D eigenvalue weighted by Crippen LogP contribution is -2.33. The number of nitrogens with zero attached hydrogens (tertiary/aromatic N) is 1. The molecule has 0 amide bonds. The number of hydrogen-bond acceptors (Lipinski definition) is 3. The first-order valence-corrected chi connectivity index (χ1v) is 8.04. The molecule has 0 heterocycles. The number of allylic oxidation sites excluding steroid dienone is 1. The first-order valence-electron chi connectivity index (χ1n) is 8.04. The Kier molecular flexibility index (Phi) is 5.26. The van der Waals surface area contributed by atoms with Crippen molar-refractivity contribution in [2.75, 3.05) is 11.9 Å². The molecule has 0 saturated carbocycles. The van der Waals surface area contributed by atoms with E-state index in [0.29, 0.717) is 6.42 Å². The van der Waals surface area contributed by atoms with Crippen LogP contribution in [0.1, 0.15) is 45.6 Å².